The summed E-state index contributed by atoms with van der Waals surface area (Å²) in [4.78, 5) is 4.93. The lowest BCUT2D eigenvalue weighted by Gasteiger charge is -2.15. The molecule has 1 heterocycles. The Balaban J connectivity index is 2.37. The van der Waals surface area contributed by atoms with Crippen LogP contribution in [0.1, 0.15) is 25.6 Å². The van der Waals surface area contributed by atoms with Gasteiger partial charge < -0.3 is 4.90 Å². The fourth-order valence-corrected chi connectivity index (χ4v) is 2.89. The molecule has 0 radical (unpaired) electrons. The van der Waals surface area contributed by atoms with Crippen LogP contribution in [0.2, 0.25) is 0 Å². The van der Waals surface area contributed by atoms with Gasteiger partial charge in [0.15, 0.2) is 0 Å². The molecule has 2 aromatic rings. The molecule has 2 heteroatoms. The highest BCUT2D eigenvalue weighted by molar-refractivity contribution is 7.15. The average Bonchev–Trinajstić information content (AvgIpc) is 2.78. The Kier molecular flexibility index (Phi) is 3.49. The van der Waals surface area contributed by atoms with E-state index in [1.807, 2.05) is 11.3 Å². The Morgan fingerprint density at radius 1 is 1.00 bits per heavy atom. The van der Waals surface area contributed by atoms with Gasteiger partial charge in [-0.05, 0) is 35.2 Å². The molecular weight excluding hydrogens is 238 g/mol. The molecule has 0 aliphatic rings. The molecule has 1 aromatic heterocycles. The highest BCUT2D eigenvalue weighted by Crippen LogP contribution is 2.35. The maximum absolute atomic E-state index is 2.26. The van der Waals surface area contributed by atoms with Gasteiger partial charge in [0.1, 0.15) is 0 Å². The Morgan fingerprint density at radius 3 is 2.28 bits per heavy atom. The van der Waals surface area contributed by atoms with Crippen LogP contribution in [0.5, 0.6) is 0 Å². The van der Waals surface area contributed by atoms with Gasteiger partial charge >= 0.3 is 0 Å². The summed E-state index contributed by atoms with van der Waals surface area (Å²) in [5, 5.41) is 0. The summed E-state index contributed by atoms with van der Waals surface area (Å²) in [6.07, 6.45) is 0. The average molecular weight is 259 g/mol. The second-order valence-electron chi connectivity index (χ2n) is 5.86. The summed E-state index contributed by atoms with van der Waals surface area (Å²) in [7, 11) is 4.15. The van der Waals surface area contributed by atoms with E-state index >= 15 is 0 Å². The van der Waals surface area contributed by atoms with E-state index < -0.39 is 0 Å². The van der Waals surface area contributed by atoms with E-state index in [4.69, 9.17) is 0 Å². The van der Waals surface area contributed by atoms with Crippen molar-refractivity contribution < 1.29 is 0 Å². The number of benzene rings is 1. The summed E-state index contributed by atoms with van der Waals surface area (Å²) in [6.45, 7) is 6.79. The van der Waals surface area contributed by atoms with Gasteiger partial charge in [0.05, 0.1) is 0 Å². The molecule has 0 saturated heterocycles. The first-order valence-corrected chi connectivity index (χ1v) is 7.07. The molecule has 0 aliphatic carbocycles. The third-order valence-corrected chi connectivity index (χ3v) is 4.55. The van der Waals surface area contributed by atoms with E-state index in [2.05, 4.69) is 76.2 Å². The van der Waals surface area contributed by atoms with Crippen LogP contribution in [0.15, 0.2) is 36.4 Å². The first kappa shape index (κ1) is 13.2. The predicted octanol–water partition coefficient (Wildman–Crippen LogP) is 4.78. The smallest absolute Gasteiger partial charge is 0.0367 e. The van der Waals surface area contributed by atoms with Gasteiger partial charge in [-0.1, -0.05) is 32.9 Å². The molecule has 0 N–H and O–H groups in total. The van der Waals surface area contributed by atoms with Gasteiger partial charge in [-0.3, -0.25) is 0 Å². The zero-order valence-electron chi connectivity index (χ0n) is 11.8. The van der Waals surface area contributed by atoms with Crippen molar-refractivity contribution in [2.75, 3.05) is 19.0 Å². The molecule has 2 rings (SSSR count). The van der Waals surface area contributed by atoms with Crippen molar-refractivity contribution in [1.82, 2.24) is 0 Å². The van der Waals surface area contributed by atoms with Crippen molar-refractivity contribution in [1.29, 1.82) is 0 Å². The van der Waals surface area contributed by atoms with Gasteiger partial charge in [-0.25, -0.2) is 0 Å². The third kappa shape index (κ3) is 2.75. The number of rotatable bonds is 2. The van der Waals surface area contributed by atoms with Gasteiger partial charge in [-0.15, -0.1) is 11.3 Å². The minimum Gasteiger partial charge on any atom is -0.378 e. The van der Waals surface area contributed by atoms with Gasteiger partial charge in [0.25, 0.3) is 0 Å². The van der Waals surface area contributed by atoms with Crippen molar-refractivity contribution in [2.24, 2.45) is 0 Å². The number of anilines is 1. The van der Waals surface area contributed by atoms with Crippen LogP contribution in [0, 0.1) is 0 Å². The minimum atomic E-state index is 0.238. The lowest BCUT2D eigenvalue weighted by molar-refractivity contribution is 0.604. The topological polar surface area (TPSA) is 3.24 Å². The van der Waals surface area contributed by atoms with Crippen molar-refractivity contribution >= 4 is 17.0 Å². The first-order chi connectivity index (χ1) is 8.38. The van der Waals surface area contributed by atoms with Crippen LogP contribution >= 0.6 is 11.3 Å². The van der Waals surface area contributed by atoms with E-state index in [0.717, 1.165) is 0 Å². The minimum absolute atomic E-state index is 0.238. The maximum atomic E-state index is 2.26. The second-order valence-corrected chi connectivity index (χ2v) is 6.94. The van der Waals surface area contributed by atoms with Crippen LogP contribution in [0.4, 0.5) is 5.69 Å². The van der Waals surface area contributed by atoms with Crippen molar-refractivity contribution in [3.05, 3.63) is 41.3 Å². The molecule has 0 fully saturated rings. The zero-order valence-corrected chi connectivity index (χ0v) is 12.6. The molecule has 1 nitrogen and oxygen atoms in total. The van der Waals surface area contributed by atoms with Crippen LogP contribution in [-0.4, -0.2) is 14.1 Å². The van der Waals surface area contributed by atoms with Gasteiger partial charge in [0.2, 0.25) is 0 Å². The third-order valence-electron chi connectivity index (χ3n) is 2.99. The quantitative estimate of drug-likeness (QED) is 0.750. The lowest BCUT2D eigenvalue weighted by atomic mass is 9.95. The molecule has 0 spiro atoms. The Labute approximate surface area is 114 Å². The van der Waals surface area contributed by atoms with E-state index in [0.29, 0.717) is 0 Å². The van der Waals surface area contributed by atoms with Gasteiger partial charge in [0, 0.05) is 29.5 Å². The molecule has 1 aromatic carbocycles. The van der Waals surface area contributed by atoms with Crippen LogP contribution in [-0.2, 0) is 5.41 Å². The normalized spacial score (nSPS) is 11.6. The van der Waals surface area contributed by atoms with E-state index in [9.17, 15) is 0 Å². The number of hydrogen-bond donors (Lipinski definition) is 0. The summed E-state index contributed by atoms with van der Waals surface area (Å²) >= 11 is 1.89. The van der Waals surface area contributed by atoms with Crippen LogP contribution in [0.25, 0.3) is 10.4 Å². The van der Waals surface area contributed by atoms with Gasteiger partial charge in [-0.2, -0.15) is 0 Å². The predicted molar refractivity (Wildman–Crippen MR) is 82.8 cm³/mol. The molecule has 96 valence electrons. The number of nitrogens with zero attached hydrogens (tertiary/aromatic N) is 1. The molecular formula is C16H21NS. The molecule has 0 amide bonds. The van der Waals surface area contributed by atoms with Crippen molar-refractivity contribution in [3.63, 3.8) is 0 Å². The summed E-state index contributed by atoms with van der Waals surface area (Å²) < 4.78 is 0. The number of thiophene rings is 1. The zero-order chi connectivity index (χ0) is 13.3. The van der Waals surface area contributed by atoms with Crippen LogP contribution in [0.3, 0.4) is 0 Å². The monoisotopic (exact) mass is 259 g/mol. The van der Waals surface area contributed by atoms with E-state index in [-0.39, 0.29) is 5.41 Å². The van der Waals surface area contributed by atoms with Crippen molar-refractivity contribution in [2.45, 2.75) is 26.2 Å². The molecule has 0 bridgehead atoms. The highest BCUT2D eigenvalue weighted by Gasteiger charge is 2.16. The first-order valence-electron chi connectivity index (χ1n) is 6.26. The standard InChI is InChI=1S/C16H21NS/c1-16(2,3)15-10-9-14(18-15)12-7-6-8-13(11-12)17(4)5/h6-11H,1-5H3. The highest BCUT2D eigenvalue weighted by atomic mass is 32.1. The molecule has 18 heavy (non-hydrogen) atoms. The fraction of sp³-hybridized carbons (Fsp3) is 0.375. The van der Waals surface area contributed by atoms with E-state index in [1.165, 1.54) is 21.0 Å². The van der Waals surface area contributed by atoms with E-state index in [1.54, 1.807) is 0 Å². The largest absolute Gasteiger partial charge is 0.378 e. The molecule has 0 unspecified atom stereocenters. The maximum Gasteiger partial charge on any atom is 0.0367 e. The van der Waals surface area contributed by atoms with Crippen LogP contribution < -0.4 is 4.90 Å². The fourth-order valence-electron chi connectivity index (χ4n) is 1.83. The SMILES string of the molecule is CN(C)c1cccc(-c2ccc(C(C)(C)C)s2)c1. The molecule has 0 atom stereocenters. The Bertz CT molecular complexity index is 532. The lowest BCUT2D eigenvalue weighted by Crippen LogP contribution is -2.08. The summed E-state index contributed by atoms with van der Waals surface area (Å²) in [5.41, 5.74) is 2.79. The Morgan fingerprint density at radius 2 is 1.72 bits per heavy atom. The molecule has 0 saturated carbocycles. The molecule has 0 aliphatic heterocycles. The Hall–Kier alpha value is -1.28. The second kappa shape index (κ2) is 4.77. The van der Waals surface area contributed by atoms with Crippen molar-refractivity contribution in [3.8, 4) is 10.4 Å². The number of hydrogen-bond acceptors (Lipinski definition) is 2. The summed E-state index contributed by atoms with van der Waals surface area (Å²) in [6, 6.07) is 13.2. The summed E-state index contributed by atoms with van der Waals surface area (Å²) in [5.74, 6) is 0.